The van der Waals surface area contributed by atoms with Gasteiger partial charge in [0.2, 0.25) is 0 Å². The lowest BCUT2D eigenvalue weighted by Crippen LogP contribution is -2.68. The molecule has 0 unspecified atom stereocenters. The monoisotopic (exact) mass is 466 g/mol. The highest BCUT2D eigenvalue weighted by atomic mass is 28.4. The first-order chi connectivity index (χ1) is 15.5. The number of terminal acetylenes is 1. The Kier molecular flexibility index (Phi) is 6.34. The van der Waals surface area contributed by atoms with Gasteiger partial charge in [-0.2, -0.15) is 0 Å². The molecule has 6 heteroatoms. The van der Waals surface area contributed by atoms with Gasteiger partial charge in [0, 0.05) is 6.42 Å². The normalized spacial score (nSPS) is 28.9. The van der Waals surface area contributed by atoms with Crippen LogP contribution in [-0.2, 0) is 18.6 Å². The maximum absolute atomic E-state index is 11.3. The van der Waals surface area contributed by atoms with Gasteiger partial charge < -0.3 is 23.7 Å². The van der Waals surface area contributed by atoms with Gasteiger partial charge in [-0.25, -0.2) is 0 Å². The fourth-order valence-electron chi connectivity index (χ4n) is 5.14. The Morgan fingerprint density at radius 3 is 1.97 bits per heavy atom. The van der Waals surface area contributed by atoms with E-state index in [9.17, 15) is 5.11 Å². The third-order valence-corrected chi connectivity index (χ3v) is 11.6. The van der Waals surface area contributed by atoms with Crippen LogP contribution in [0.15, 0.2) is 60.7 Å². The van der Waals surface area contributed by atoms with Gasteiger partial charge in [-0.1, -0.05) is 81.4 Å². The molecular formula is C27H34O5Si. The van der Waals surface area contributed by atoms with Crippen molar-refractivity contribution in [1.29, 1.82) is 0 Å². The number of ether oxygens (including phenoxy) is 3. The van der Waals surface area contributed by atoms with Crippen LogP contribution in [0, 0.1) is 12.3 Å². The molecule has 0 aromatic heterocycles. The van der Waals surface area contributed by atoms with Gasteiger partial charge in [-0.05, 0) is 29.3 Å². The van der Waals surface area contributed by atoms with E-state index in [1.54, 1.807) is 0 Å². The largest absolute Gasteiger partial charge is 0.404 e. The van der Waals surface area contributed by atoms with E-state index in [1.165, 1.54) is 0 Å². The summed E-state index contributed by atoms with van der Waals surface area (Å²) in [5.41, 5.74) is -1.12. The Labute approximate surface area is 198 Å². The molecule has 2 saturated heterocycles. The predicted octanol–water partition coefficient (Wildman–Crippen LogP) is 3.19. The van der Waals surface area contributed by atoms with Crippen molar-refractivity contribution < 1.29 is 23.7 Å². The van der Waals surface area contributed by atoms with Gasteiger partial charge in [-0.3, -0.25) is 0 Å². The van der Waals surface area contributed by atoms with E-state index in [1.807, 2.05) is 50.2 Å². The molecule has 2 aromatic carbocycles. The van der Waals surface area contributed by atoms with Crippen LogP contribution in [0.2, 0.25) is 5.04 Å². The molecule has 33 heavy (non-hydrogen) atoms. The van der Waals surface area contributed by atoms with Crippen LogP contribution in [0.4, 0.5) is 0 Å². The van der Waals surface area contributed by atoms with E-state index in [0.29, 0.717) is 0 Å². The lowest BCUT2D eigenvalue weighted by Gasteiger charge is -2.45. The van der Waals surface area contributed by atoms with Crippen LogP contribution in [0.25, 0.3) is 0 Å². The zero-order chi connectivity index (χ0) is 23.9. The first-order valence-corrected chi connectivity index (χ1v) is 13.4. The number of fused-ring (bicyclic) bond motifs is 1. The summed E-state index contributed by atoms with van der Waals surface area (Å²) in [5, 5.41) is 13.4. The SMILES string of the molecule is C#CC[C@]1(CO[Si](c2ccccc2)(c2ccccc2)C(C)(C)C)O[C@@H]2OC(C)(C)O[C@@H]2[C@@H]1O. The highest BCUT2D eigenvalue weighted by molar-refractivity contribution is 6.99. The van der Waals surface area contributed by atoms with Crippen LogP contribution in [0.5, 0.6) is 0 Å². The highest BCUT2D eigenvalue weighted by Gasteiger charge is 2.62. The van der Waals surface area contributed by atoms with Crippen LogP contribution in [-0.4, -0.2) is 49.9 Å². The van der Waals surface area contributed by atoms with Crippen molar-refractivity contribution in [1.82, 2.24) is 0 Å². The molecule has 176 valence electrons. The average Bonchev–Trinajstić information content (AvgIpc) is 3.19. The van der Waals surface area contributed by atoms with Crippen molar-refractivity contribution in [2.75, 3.05) is 6.61 Å². The van der Waals surface area contributed by atoms with E-state index in [-0.39, 0.29) is 18.1 Å². The van der Waals surface area contributed by atoms with E-state index in [0.717, 1.165) is 10.4 Å². The molecule has 1 N–H and O–H groups in total. The lowest BCUT2D eigenvalue weighted by atomic mass is 9.93. The Hall–Kier alpha value is -1.98. The molecule has 0 bridgehead atoms. The van der Waals surface area contributed by atoms with Gasteiger partial charge in [-0.15, -0.1) is 12.3 Å². The quantitative estimate of drug-likeness (QED) is 0.523. The first-order valence-electron chi connectivity index (χ1n) is 11.4. The van der Waals surface area contributed by atoms with E-state index in [4.69, 9.17) is 25.1 Å². The lowest BCUT2D eigenvalue weighted by molar-refractivity contribution is -0.243. The smallest absolute Gasteiger partial charge is 0.261 e. The second kappa shape index (κ2) is 8.66. The van der Waals surface area contributed by atoms with Gasteiger partial charge in [0.05, 0.1) is 6.61 Å². The second-order valence-corrected chi connectivity index (χ2v) is 14.7. The van der Waals surface area contributed by atoms with Crippen molar-refractivity contribution in [2.45, 2.75) is 76.0 Å². The molecule has 0 radical (unpaired) electrons. The summed E-state index contributed by atoms with van der Waals surface area (Å²) in [6, 6.07) is 20.7. The van der Waals surface area contributed by atoms with Crippen LogP contribution in [0.3, 0.4) is 0 Å². The number of rotatable bonds is 6. The van der Waals surface area contributed by atoms with Crippen LogP contribution in [0.1, 0.15) is 41.0 Å². The minimum absolute atomic E-state index is 0.131. The molecule has 4 rings (SSSR count). The fraction of sp³-hybridized carbons (Fsp3) is 0.481. The molecule has 2 fully saturated rings. The highest BCUT2D eigenvalue weighted by Crippen LogP contribution is 2.45. The second-order valence-electron chi connectivity index (χ2n) is 10.4. The number of hydrogen-bond acceptors (Lipinski definition) is 5. The minimum atomic E-state index is -2.83. The Morgan fingerprint density at radius 1 is 0.970 bits per heavy atom. The minimum Gasteiger partial charge on any atom is -0.404 e. The molecule has 2 heterocycles. The van der Waals surface area contributed by atoms with Crippen LogP contribution < -0.4 is 10.4 Å². The number of benzene rings is 2. The molecule has 0 aliphatic carbocycles. The zero-order valence-corrected chi connectivity index (χ0v) is 21.1. The summed E-state index contributed by atoms with van der Waals surface area (Å²) < 4.78 is 25.2. The molecule has 0 spiro atoms. The molecular weight excluding hydrogens is 432 g/mol. The topological polar surface area (TPSA) is 57.2 Å². The van der Waals surface area contributed by atoms with Gasteiger partial charge >= 0.3 is 0 Å². The zero-order valence-electron chi connectivity index (χ0n) is 20.1. The van der Waals surface area contributed by atoms with Gasteiger partial charge in [0.15, 0.2) is 12.1 Å². The summed E-state index contributed by atoms with van der Waals surface area (Å²) in [6.07, 6.45) is 3.65. The Balaban J connectivity index is 1.75. The van der Waals surface area contributed by atoms with E-state index in [2.05, 4.69) is 51.0 Å². The molecule has 4 atom stereocenters. The standard InChI is InChI=1S/C27H34O5Si/c1-7-18-27(23(28)22-24(32-27)31-26(5,6)30-22)19-29-33(25(2,3)4,20-14-10-8-11-15-20)21-16-12-9-13-17-21/h1,8-17,22-24,28H,18-19H2,2-6H3/t22-,23+,24+,27-/m1/s1. The number of aliphatic hydroxyl groups is 1. The maximum Gasteiger partial charge on any atom is 0.261 e. The third kappa shape index (κ3) is 4.19. The van der Waals surface area contributed by atoms with E-state index < -0.39 is 38.2 Å². The van der Waals surface area contributed by atoms with Crippen molar-refractivity contribution >= 4 is 18.7 Å². The molecule has 2 aliphatic heterocycles. The average molecular weight is 467 g/mol. The molecule has 5 nitrogen and oxygen atoms in total. The van der Waals surface area contributed by atoms with Crippen LogP contribution >= 0.6 is 0 Å². The molecule has 2 aliphatic rings. The maximum atomic E-state index is 11.3. The summed E-state index contributed by atoms with van der Waals surface area (Å²) >= 11 is 0. The van der Waals surface area contributed by atoms with Crippen molar-refractivity contribution in [3.63, 3.8) is 0 Å². The molecule has 2 aromatic rings. The molecule has 0 amide bonds. The van der Waals surface area contributed by atoms with Crippen molar-refractivity contribution in [3.05, 3.63) is 60.7 Å². The van der Waals surface area contributed by atoms with Crippen molar-refractivity contribution in [3.8, 4) is 12.3 Å². The Bertz CT molecular complexity index is 955. The first kappa shape index (κ1) is 24.2. The predicted molar refractivity (Wildman–Crippen MR) is 131 cm³/mol. The molecule has 0 saturated carbocycles. The number of hydrogen-bond donors (Lipinski definition) is 1. The summed E-state index contributed by atoms with van der Waals surface area (Å²) in [7, 11) is -2.83. The van der Waals surface area contributed by atoms with Gasteiger partial charge in [0.1, 0.15) is 17.8 Å². The van der Waals surface area contributed by atoms with Crippen molar-refractivity contribution in [2.24, 2.45) is 0 Å². The Morgan fingerprint density at radius 2 is 1.52 bits per heavy atom. The third-order valence-electron chi connectivity index (χ3n) is 6.64. The number of aliphatic hydroxyl groups excluding tert-OH is 1. The van der Waals surface area contributed by atoms with E-state index >= 15 is 0 Å². The summed E-state index contributed by atoms with van der Waals surface area (Å²) in [6.45, 7) is 10.4. The van der Waals surface area contributed by atoms with Gasteiger partial charge in [0.25, 0.3) is 8.32 Å². The summed E-state index contributed by atoms with van der Waals surface area (Å²) in [5.74, 6) is 1.86. The fourth-order valence-corrected chi connectivity index (χ4v) is 9.76. The summed E-state index contributed by atoms with van der Waals surface area (Å²) in [4.78, 5) is 0.